The van der Waals surface area contributed by atoms with Crippen LogP contribution in [0, 0.1) is 5.41 Å². The summed E-state index contributed by atoms with van der Waals surface area (Å²) < 4.78 is 24.4. The van der Waals surface area contributed by atoms with Crippen molar-refractivity contribution in [3.8, 4) is 0 Å². The minimum absolute atomic E-state index is 0.0844. The van der Waals surface area contributed by atoms with Crippen molar-refractivity contribution in [3.05, 3.63) is 0 Å². The molecule has 2 unspecified atom stereocenters. The Balaban J connectivity index is 2.92. The molecule has 0 aromatic rings. The second-order valence-electron chi connectivity index (χ2n) is 8.60. The van der Waals surface area contributed by atoms with Crippen molar-refractivity contribution < 1.29 is 18.9 Å². The van der Waals surface area contributed by atoms with Crippen LogP contribution < -0.4 is 0 Å². The molecule has 1 fully saturated rings. The van der Waals surface area contributed by atoms with Crippen LogP contribution in [-0.2, 0) is 18.9 Å². The zero-order valence-corrected chi connectivity index (χ0v) is 20.2. The van der Waals surface area contributed by atoms with Crippen molar-refractivity contribution >= 4 is 0 Å². The number of epoxide rings is 1. The first-order valence-corrected chi connectivity index (χ1v) is 12.7. The highest BCUT2D eigenvalue weighted by molar-refractivity contribution is 4.89. The Hall–Kier alpha value is -0.160. The first-order valence-electron chi connectivity index (χ1n) is 12.7. The second-order valence-corrected chi connectivity index (χ2v) is 8.60. The Morgan fingerprint density at radius 3 is 1.66 bits per heavy atom. The molecular weight excluding hydrogens is 364 g/mol. The van der Waals surface area contributed by atoms with Gasteiger partial charge in [0.1, 0.15) is 0 Å². The molecule has 0 aromatic heterocycles. The van der Waals surface area contributed by atoms with E-state index in [1.165, 1.54) is 57.8 Å². The standard InChI is InChI=1S/C25H50O4/c1-6-11-12-13-14-16-20-24(19-7-2,21-17-15-18-23-22-26-23)25(27-8-3,28-9-4)29-10-5/h23H,6-22H2,1-5H3. The summed E-state index contributed by atoms with van der Waals surface area (Å²) in [4.78, 5) is 0. The van der Waals surface area contributed by atoms with E-state index in [1.54, 1.807) is 0 Å². The molecule has 4 nitrogen and oxygen atoms in total. The molecule has 174 valence electrons. The molecule has 1 heterocycles. The minimum atomic E-state index is -0.916. The maximum Gasteiger partial charge on any atom is 0.288 e. The molecule has 1 saturated heterocycles. The summed E-state index contributed by atoms with van der Waals surface area (Å²) in [5.74, 6) is -0.916. The zero-order chi connectivity index (χ0) is 21.4. The number of hydrogen-bond acceptors (Lipinski definition) is 4. The second kappa shape index (κ2) is 15.6. The number of unbranched alkanes of at least 4 members (excludes halogenated alkanes) is 6. The third-order valence-electron chi connectivity index (χ3n) is 6.22. The van der Waals surface area contributed by atoms with E-state index in [1.807, 2.05) is 0 Å². The van der Waals surface area contributed by atoms with Gasteiger partial charge in [-0.1, -0.05) is 71.6 Å². The highest BCUT2D eigenvalue weighted by Crippen LogP contribution is 2.49. The molecular formula is C25H50O4. The lowest BCUT2D eigenvalue weighted by molar-refractivity contribution is -0.432. The molecule has 0 aliphatic carbocycles. The summed E-state index contributed by atoms with van der Waals surface area (Å²) in [6.45, 7) is 13.5. The number of rotatable bonds is 21. The molecule has 4 heteroatoms. The molecule has 1 aliphatic heterocycles. The fraction of sp³-hybridized carbons (Fsp3) is 1.00. The molecule has 1 rings (SSSR count). The fourth-order valence-corrected chi connectivity index (χ4v) is 4.78. The summed E-state index contributed by atoms with van der Waals surface area (Å²) in [5.41, 5.74) is -0.0844. The maximum atomic E-state index is 6.35. The van der Waals surface area contributed by atoms with E-state index in [0.717, 1.165) is 32.3 Å². The van der Waals surface area contributed by atoms with Gasteiger partial charge in [0.15, 0.2) is 0 Å². The van der Waals surface area contributed by atoms with Gasteiger partial charge in [0.05, 0.1) is 18.1 Å². The van der Waals surface area contributed by atoms with E-state index >= 15 is 0 Å². The molecule has 0 saturated carbocycles. The third-order valence-corrected chi connectivity index (χ3v) is 6.22. The highest BCUT2D eigenvalue weighted by atomic mass is 16.9. The summed E-state index contributed by atoms with van der Waals surface area (Å²) >= 11 is 0. The lowest BCUT2D eigenvalue weighted by atomic mass is 9.71. The van der Waals surface area contributed by atoms with E-state index in [2.05, 4.69) is 34.6 Å². The lowest BCUT2D eigenvalue weighted by Gasteiger charge is -2.49. The predicted octanol–water partition coefficient (Wildman–Crippen LogP) is 7.25. The van der Waals surface area contributed by atoms with Crippen LogP contribution in [0.1, 0.15) is 118 Å². The topological polar surface area (TPSA) is 40.2 Å². The van der Waals surface area contributed by atoms with Crippen LogP contribution in [0.15, 0.2) is 0 Å². The molecule has 0 aromatic carbocycles. The monoisotopic (exact) mass is 414 g/mol. The Morgan fingerprint density at radius 2 is 1.17 bits per heavy atom. The largest absolute Gasteiger partial charge is 0.373 e. The lowest BCUT2D eigenvalue weighted by Crippen LogP contribution is -2.55. The maximum absolute atomic E-state index is 6.35. The van der Waals surface area contributed by atoms with Crippen LogP contribution in [-0.4, -0.2) is 38.5 Å². The Kier molecular flexibility index (Phi) is 14.5. The fourth-order valence-electron chi connectivity index (χ4n) is 4.78. The smallest absolute Gasteiger partial charge is 0.288 e. The number of ether oxygens (including phenoxy) is 4. The SMILES string of the molecule is CCCCCCCCC(CCC)(CCCCC1CO1)C(OCC)(OCC)OCC. The number of hydrogen-bond donors (Lipinski definition) is 0. The summed E-state index contributed by atoms with van der Waals surface area (Å²) in [6, 6.07) is 0. The Labute approximate surface area is 181 Å². The van der Waals surface area contributed by atoms with Crippen molar-refractivity contribution in [1.82, 2.24) is 0 Å². The van der Waals surface area contributed by atoms with Crippen molar-refractivity contribution in [3.63, 3.8) is 0 Å². The van der Waals surface area contributed by atoms with E-state index in [9.17, 15) is 0 Å². The Morgan fingerprint density at radius 1 is 0.655 bits per heavy atom. The van der Waals surface area contributed by atoms with E-state index < -0.39 is 5.97 Å². The van der Waals surface area contributed by atoms with Crippen molar-refractivity contribution in [2.45, 2.75) is 130 Å². The summed E-state index contributed by atoms with van der Waals surface area (Å²) in [7, 11) is 0. The summed E-state index contributed by atoms with van der Waals surface area (Å²) in [6.07, 6.45) is 16.4. The predicted molar refractivity (Wildman–Crippen MR) is 121 cm³/mol. The van der Waals surface area contributed by atoms with Gasteiger partial charge in [0, 0.05) is 19.8 Å². The van der Waals surface area contributed by atoms with Gasteiger partial charge in [-0.3, -0.25) is 0 Å². The van der Waals surface area contributed by atoms with Gasteiger partial charge in [-0.05, 0) is 46.5 Å². The highest BCUT2D eigenvalue weighted by Gasteiger charge is 2.53. The van der Waals surface area contributed by atoms with Gasteiger partial charge >= 0.3 is 0 Å². The van der Waals surface area contributed by atoms with Crippen LogP contribution in [0.3, 0.4) is 0 Å². The molecule has 0 spiro atoms. The van der Waals surface area contributed by atoms with E-state index in [0.29, 0.717) is 25.9 Å². The molecule has 0 amide bonds. The van der Waals surface area contributed by atoms with Crippen LogP contribution >= 0.6 is 0 Å². The average molecular weight is 415 g/mol. The van der Waals surface area contributed by atoms with Crippen molar-refractivity contribution in [2.24, 2.45) is 5.41 Å². The normalized spacial score (nSPS) is 18.7. The minimum Gasteiger partial charge on any atom is -0.373 e. The molecule has 1 aliphatic rings. The van der Waals surface area contributed by atoms with Crippen LogP contribution in [0.5, 0.6) is 0 Å². The molecule has 2 atom stereocenters. The van der Waals surface area contributed by atoms with Gasteiger partial charge < -0.3 is 18.9 Å². The van der Waals surface area contributed by atoms with Crippen LogP contribution in [0.4, 0.5) is 0 Å². The summed E-state index contributed by atoms with van der Waals surface area (Å²) in [5, 5.41) is 0. The molecule has 29 heavy (non-hydrogen) atoms. The van der Waals surface area contributed by atoms with Gasteiger partial charge in [-0.2, -0.15) is 0 Å². The quantitative estimate of drug-likeness (QED) is 0.113. The van der Waals surface area contributed by atoms with Gasteiger partial charge in [-0.25, -0.2) is 0 Å². The molecule has 0 radical (unpaired) electrons. The van der Waals surface area contributed by atoms with Crippen LogP contribution in [0.2, 0.25) is 0 Å². The third kappa shape index (κ3) is 9.25. The van der Waals surface area contributed by atoms with Crippen molar-refractivity contribution in [1.29, 1.82) is 0 Å². The van der Waals surface area contributed by atoms with Crippen LogP contribution in [0.25, 0.3) is 0 Å². The van der Waals surface area contributed by atoms with E-state index in [4.69, 9.17) is 18.9 Å². The molecule has 0 bridgehead atoms. The van der Waals surface area contributed by atoms with Gasteiger partial charge in [0.2, 0.25) is 0 Å². The average Bonchev–Trinajstić information content (AvgIpc) is 3.52. The Bertz CT molecular complexity index is 366. The molecule has 0 N–H and O–H groups in total. The van der Waals surface area contributed by atoms with Gasteiger partial charge in [-0.15, -0.1) is 0 Å². The van der Waals surface area contributed by atoms with Crippen molar-refractivity contribution in [2.75, 3.05) is 26.4 Å². The van der Waals surface area contributed by atoms with Gasteiger partial charge in [0.25, 0.3) is 5.97 Å². The first kappa shape index (κ1) is 26.9. The first-order chi connectivity index (χ1) is 14.1. The van der Waals surface area contributed by atoms with E-state index in [-0.39, 0.29) is 5.41 Å². The zero-order valence-electron chi connectivity index (χ0n) is 20.2.